The van der Waals surface area contributed by atoms with Crippen molar-refractivity contribution in [2.75, 3.05) is 11.9 Å². The van der Waals surface area contributed by atoms with Gasteiger partial charge in [-0.3, -0.25) is 14.8 Å². The van der Waals surface area contributed by atoms with Crippen LogP contribution in [-0.2, 0) is 4.79 Å². The molecule has 0 saturated carbocycles. The van der Waals surface area contributed by atoms with Gasteiger partial charge in [0.2, 0.25) is 5.91 Å². The van der Waals surface area contributed by atoms with Crippen LogP contribution >= 0.6 is 12.2 Å². The Kier molecular flexibility index (Phi) is 6.29. The van der Waals surface area contributed by atoms with Gasteiger partial charge in [-0.1, -0.05) is 24.3 Å². The standard InChI is InChI=1S/C27H26N6OS/c1-18-15-22(19(2)33(18)21-11-8-13-28-16-21)26-25(23-12-6-7-14-29-23)31-27(35)32(26)17-24(34)30-20-9-4-3-5-10-20/h3-16,25-26H,17H2,1-2H3,(H,30,34)(H,31,35)/t25-,26+/m0/s1. The number of hydrogen-bond acceptors (Lipinski definition) is 4. The van der Waals surface area contributed by atoms with Crippen LogP contribution in [0.2, 0.25) is 0 Å². The van der Waals surface area contributed by atoms with Crippen molar-refractivity contribution in [1.82, 2.24) is 24.8 Å². The number of carbonyl (C=O) groups is 1. The van der Waals surface area contributed by atoms with Crippen LogP contribution in [0.1, 0.15) is 34.7 Å². The Morgan fingerprint density at radius 2 is 1.86 bits per heavy atom. The number of aryl methyl sites for hydroxylation is 1. The minimum absolute atomic E-state index is 0.116. The predicted octanol–water partition coefficient (Wildman–Crippen LogP) is 4.50. The second-order valence-corrected chi connectivity index (χ2v) is 8.93. The molecule has 0 aliphatic carbocycles. The van der Waals surface area contributed by atoms with Crippen molar-refractivity contribution in [3.63, 3.8) is 0 Å². The summed E-state index contributed by atoms with van der Waals surface area (Å²) in [6, 6.07) is 21.0. The predicted molar refractivity (Wildman–Crippen MR) is 140 cm³/mol. The molecule has 176 valence electrons. The van der Waals surface area contributed by atoms with E-state index in [2.05, 4.69) is 45.1 Å². The normalized spacial score (nSPS) is 17.3. The Balaban J connectivity index is 1.53. The molecule has 1 saturated heterocycles. The first-order valence-electron chi connectivity index (χ1n) is 11.4. The van der Waals surface area contributed by atoms with Gasteiger partial charge >= 0.3 is 0 Å². The Hall–Kier alpha value is -4.04. The molecule has 5 rings (SSSR count). The Labute approximate surface area is 209 Å². The third-order valence-electron chi connectivity index (χ3n) is 6.26. The van der Waals surface area contributed by atoms with Crippen LogP contribution in [0.4, 0.5) is 5.69 Å². The fourth-order valence-corrected chi connectivity index (χ4v) is 5.07. The number of aromatic nitrogens is 3. The monoisotopic (exact) mass is 482 g/mol. The van der Waals surface area contributed by atoms with Gasteiger partial charge < -0.3 is 20.1 Å². The lowest BCUT2D eigenvalue weighted by Crippen LogP contribution is -2.37. The Morgan fingerprint density at radius 1 is 1.06 bits per heavy atom. The molecule has 1 aromatic carbocycles. The van der Waals surface area contributed by atoms with Gasteiger partial charge in [0.1, 0.15) is 6.54 Å². The number of nitrogens with one attached hydrogen (secondary N) is 2. The molecular formula is C27H26N6OS. The van der Waals surface area contributed by atoms with Crippen LogP contribution in [0.3, 0.4) is 0 Å². The summed E-state index contributed by atoms with van der Waals surface area (Å²) in [6.07, 6.45) is 5.39. The van der Waals surface area contributed by atoms with Crippen molar-refractivity contribution in [2.24, 2.45) is 0 Å². The molecule has 7 nitrogen and oxygen atoms in total. The lowest BCUT2D eigenvalue weighted by molar-refractivity contribution is -0.116. The lowest BCUT2D eigenvalue weighted by Gasteiger charge is -2.27. The molecule has 1 amide bonds. The maximum Gasteiger partial charge on any atom is 0.244 e. The highest BCUT2D eigenvalue weighted by Crippen LogP contribution is 2.41. The number of pyridine rings is 2. The second kappa shape index (κ2) is 9.68. The van der Waals surface area contributed by atoms with Crippen molar-refractivity contribution in [3.05, 3.63) is 108 Å². The molecule has 0 unspecified atom stereocenters. The van der Waals surface area contributed by atoms with E-state index in [1.165, 1.54) is 0 Å². The van der Waals surface area contributed by atoms with E-state index in [1.54, 1.807) is 12.4 Å². The summed E-state index contributed by atoms with van der Waals surface area (Å²) in [6.45, 7) is 4.28. The molecular weight excluding hydrogens is 456 g/mol. The van der Waals surface area contributed by atoms with Gasteiger partial charge in [-0.25, -0.2) is 0 Å². The zero-order valence-corrected chi connectivity index (χ0v) is 20.4. The summed E-state index contributed by atoms with van der Waals surface area (Å²) in [5.41, 5.74) is 5.85. The number of benzene rings is 1. The van der Waals surface area contributed by atoms with Crippen molar-refractivity contribution >= 4 is 28.9 Å². The highest BCUT2D eigenvalue weighted by atomic mass is 32.1. The number of para-hydroxylation sites is 1. The number of hydrogen-bond donors (Lipinski definition) is 2. The summed E-state index contributed by atoms with van der Waals surface area (Å²) in [5, 5.41) is 6.93. The largest absolute Gasteiger partial charge is 0.352 e. The van der Waals surface area contributed by atoms with Crippen LogP contribution in [0.25, 0.3) is 5.69 Å². The van der Waals surface area contributed by atoms with E-state index in [1.807, 2.05) is 71.8 Å². The first-order chi connectivity index (χ1) is 17.0. The number of amides is 1. The number of nitrogens with zero attached hydrogens (tertiary/aromatic N) is 4. The molecule has 4 aromatic rings. The Morgan fingerprint density at radius 3 is 2.57 bits per heavy atom. The van der Waals surface area contributed by atoms with E-state index < -0.39 is 0 Å². The fraction of sp³-hybridized carbons (Fsp3) is 0.185. The van der Waals surface area contributed by atoms with Crippen molar-refractivity contribution in [3.8, 4) is 5.69 Å². The van der Waals surface area contributed by atoms with E-state index in [-0.39, 0.29) is 24.5 Å². The molecule has 4 heterocycles. The van der Waals surface area contributed by atoms with E-state index in [0.717, 1.165) is 34.0 Å². The second-order valence-electron chi connectivity index (χ2n) is 8.54. The summed E-state index contributed by atoms with van der Waals surface area (Å²) >= 11 is 5.74. The average Bonchev–Trinajstić information content (AvgIpc) is 3.35. The van der Waals surface area contributed by atoms with E-state index in [4.69, 9.17) is 12.2 Å². The summed E-state index contributed by atoms with van der Waals surface area (Å²) in [7, 11) is 0. The zero-order valence-electron chi connectivity index (χ0n) is 19.6. The van der Waals surface area contributed by atoms with Crippen LogP contribution in [0.15, 0.2) is 85.3 Å². The molecule has 0 radical (unpaired) electrons. The van der Waals surface area contributed by atoms with Gasteiger partial charge in [-0.2, -0.15) is 0 Å². The van der Waals surface area contributed by atoms with Gasteiger partial charge in [-0.15, -0.1) is 0 Å². The molecule has 3 aromatic heterocycles. The molecule has 1 aliphatic heterocycles. The maximum absolute atomic E-state index is 13.0. The van der Waals surface area contributed by atoms with Crippen LogP contribution in [-0.4, -0.2) is 37.0 Å². The van der Waals surface area contributed by atoms with Crippen molar-refractivity contribution < 1.29 is 4.79 Å². The summed E-state index contributed by atoms with van der Waals surface area (Å²) in [4.78, 5) is 23.9. The summed E-state index contributed by atoms with van der Waals surface area (Å²) < 4.78 is 2.18. The SMILES string of the molecule is Cc1cc([C@@H]2[C@H](c3ccccn3)NC(=S)N2CC(=O)Nc2ccccc2)c(C)n1-c1cccnc1. The average molecular weight is 483 g/mol. The van der Waals surface area contributed by atoms with Gasteiger partial charge in [0, 0.05) is 29.5 Å². The highest BCUT2D eigenvalue weighted by molar-refractivity contribution is 7.80. The first-order valence-corrected chi connectivity index (χ1v) is 11.9. The van der Waals surface area contributed by atoms with Crippen molar-refractivity contribution in [2.45, 2.75) is 25.9 Å². The molecule has 0 bridgehead atoms. The molecule has 2 atom stereocenters. The number of thiocarbonyl (C=S) groups is 1. The van der Waals surface area contributed by atoms with Crippen molar-refractivity contribution in [1.29, 1.82) is 0 Å². The molecule has 1 aliphatic rings. The minimum Gasteiger partial charge on any atom is -0.352 e. The topological polar surface area (TPSA) is 75.1 Å². The fourth-order valence-electron chi connectivity index (χ4n) is 4.76. The van der Waals surface area contributed by atoms with E-state index in [9.17, 15) is 4.79 Å². The number of rotatable bonds is 6. The first kappa shape index (κ1) is 22.7. The van der Waals surface area contributed by atoms with E-state index in [0.29, 0.717) is 5.11 Å². The molecule has 1 fully saturated rings. The molecule has 0 spiro atoms. The smallest absolute Gasteiger partial charge is 0.244 e. The minimum atomic E-state index is -0.212. The van der Waals surface area contributed by atoms with Gasteiger partial charge in [0.05, 0.1) is 29.7 Å². The van der Waals surface area contributed by atoms with E-state index >= 15 is 0 Å². The Bertz CT molecular complexity index is 1340. The van der Waals surface area contributed by atoms with Gasteiger partial charge in [-0.05, 0) is 74.1 Å². The van der Waals surface area contributed by atoms with Gasteiger partial charge in [0.25, 0.3) is 0 Å². The third kappa shape index (κ3) is 4.52. The number of anilines is 1. The highest BCUT2D eigenvalue weighted by Gasteiger charge is 2.42. The molecule has 2 N–H and O–H groups in total. The maximum atomic E-state index is 13.0. The number of carbonyl (C=O) groups excluding carboxylic acids is 1. The lowest BCUT2D eigenvalue weighted by atomic mass is 9.96. The quantitative estimate of drug-likeness (QED) is 0.394. The van der Waals surface area contributed by atoms with Crippen LogP contribution in [0, 0.1) is 13.8 Å². The van der Waals surface area contributed by atoms with Gasteiger partial charge in [0.15, 0.2) is 5.11 Å². The van der Waals surface area contributed by atoms with Crippen LogP contribution < -0.4 is 10.6 Å². The molecule has 35 heavy (non-hydrogen) atoms. The zero-order chi connectivity index (χ0) is 24.4. The summed E-state index contributed by atoms with van der Waals surface area (Å²) in [5.74, 6) is -0.131. The van der Waals surface area contributed by atoms with Crippen LogP contribution in [0.5, 0.6) is 0 Å². The molecule has 8 heteroatoms. The third-order valence-corrected chi connectivity index (χ3v) is 6.61.